The van der Waals surface area contributed by atoms with Crippen LogP contribution in [0, 0.1) is 13.8 Å². The molecule has 0 radical (unpaired) electrons. The maximum absolute atomic E-state index is 13.6. The summed E-state index contributed by atoms with van der Waals surface area (Å²) in [6.45, 7) is 7.74. The third-order valence-electron chi connectivity index (χ3n) is 5.86. The maximum atomic E-state index is 13.6. The average molecular weight is 473 g/mol. The smallest absolute Gasteiger partial charge is 0.323 e. The quantitative estimate of drug-likeness (QED) is 0.336. The van der Waals surface area contributed by atoms with Crippen molar-refractivity contribution in [3.63, 3.8) is 0 Å². The number of methoxy groups -OCH3 is 1. The van der Waals surface area contributed by atoms with Gasteiger partial charge in [-0.15, -0.1) is 0 Å². The highest BCUT2D eigenvalue weighted by Crippen LogP contribution is 2.30. The van der Waals surface area contributed by atoms with Gasteiger partial charge in [-0.1, -0.05) is 6.07 Å². The van der Waals surface area contributed by atoms with Crippen LogP contribution in [0.15, 0.2) is 48.9 Å². The van der Waals surface area contributed by atoms with Crippen LogP contribution in [0.25, 0.3) is 11.0 Å². The summed E-state index contributed by atoms with van der Waals surface area (Å²) in [4.78, 5) is 34.7. The second kappa shape index (κ2) is 9.46. The number of urea groups is 1. The van der Waals surface area contributed by atoms with E-state index in [-0.39, 0.29) is 17.6 Å². The summed E-state index contributed by atoms with van der Waals surface area (Å²) in [6, 6.07) is 10.2. The van der Waals surface area contributed by atoms with Crippen molar-refractivity contribution in [1.82, 2.24) is 14.5 Å². The molecular formula is C26H28N6O3. The fourth-order valence-corrected chi connectivity index (χ4v) is 3.95. The van der Waals surface area contributed by atoms with E-state index in [1.54, 1.807) is 43.6 Å². The Balaban J connectivity index is 1.63. The van der Waals surface area contributed by atoms with Gasteiger partial charge in [0.05, 0.1) is 18.1 Å². The van der Waals surface area contributed by atoms with Crippen LogP contribution < -0.4 is 21.1 Å². The van der Waals surface area contributed by atoms with Gasteiger partial charge in [-0.2, -0.15) is 0 Å². The first-order chi connectivity index (χ1) is 16.7. The van der Waals surface area contributed by atoms with Crippen molar-refractivity contribution in [2.45, 2.75) is 33.7 Å². The Kier molecular flexibility index (Phi) is 6.42. The SMILES string of the molecule is COc1ccc(NC(=O)Nc2ccc(C)c(C(=O)c3cn(C(C)C)c4ncnc(N)c34)c2)c(C)c1. The number of hydrogen-bond acceptors (Lipinski definition) is 6. The number of benzene rings is 2. The van der Waals surface area contributed by atoms with Crippen molar-refractivity contribution in [1.29, 1.82) is 0 Å². The van der Waals surface area contributed by atoms with Crippen LogP contribution in [0.5, 0.6) is 5.75 Å². The molecule has 2 aromatic heterocycles. The number of anilines is 3. The lowest BCUT2D eigenvalue weighted by molar-refractivity contribution is 0.103. The highest BCUT2D eigenvalue weighted by molar-refractivity contribution is 6.19. The maximum Gasteiger partial charge on any atom is 0.323 e. The normalized spacial score (nSPS) is 11.0. The zero-order chi connectivity index (χ0) is 25.3. The molecule has 2 amide bonds. The average Bonchev–Trinajstić information content (AvgIpc) is 3.22. The lowest BCUT2D eigenvalue weighted by atomic mass is 9.98. The van der Waals surface area contributed by atoms with Crippen LogP contribution in [-0.4, -0.2) is 33.5 Å². The highest BCUT2D eigenvalue weighted by atomic mass is 16.5. The summed E-state index contributed by atoms with van der Waals surface area (Å²) in [5.74, 6) is 0.738. The molecule has 0 unspecified atom stereocenters. The number of ketones is 1. The Morgan fingerprint density at radius 3 is 2.46 bits per heavy atom. The monoisotopic (exact) mass is 472 g/mol. The number of rotatable bonds is 6. The molecule has 4 N–H and O–H groups in total. The second-order valence-corrected chi connectivity index (χ2v) is 8.62. The van der Waals surface area contributed by atoms with E-state index in [2.05, 4.69) is 20.6 Å². The molecule has 180 valence electrons. The van der Waals surface area contributed by atoms with Gasteiger partial charge in [0, 0.05) is 29.2 Å². The first kappa shape index (κ1) is 23.7. The summed E-state index contributed by atoms with van der Waals surface area (Å²) >= 11 is 0. The fourth-order valence-electron chi connectivity index (χ4n) is 3.95. The van der Waals surface area contributed by atoms with Gasteiger partial charge in [0.2, 0.25) is 0 Å². The molecule has 0 aliphatic rings. The first-order valence-corrected chi connectivity index (χ1v) is 11.2. The molecule has 0 aliphatic heterocycles. The van der Waals surface area contributed by atoms with Gasteiger partial charge in [0.15, 0.2) is 5.78 Å². The van der Waals surface area contributed by atoms with Crippen LogP contribution in [0.1, 0.15) is 46.9 Å². The predicted molar refractivity (Wildman–Crippen MR) is 137 cm³/mol. The Labute approximate surface area is 203 Å². The molecule has 0 fully saturated rings. The van der Waals surface area contributed by atoms with Crippen LogP contribution in [0.3, 0.4) is 0 Å². The third-order valence-corrected chi connectivity index (χ3v) is 5.86. The van der Waals surface area contributed by atoms with Crippen LogP contribution >= 0.6 is 0 Å². The number of fused-ring (bicyclic) bond motifs is 1. The molecule has 9 heteroatoms. The molecule has 0 spiro atoms. The summed E-state index contributed by atoms with van der Waals surface area (Å²) in [5.41, 5.74) is 10.4. The molecule has 0 atom stereocenters. The van der Waals surface area contributed by atoms with Gasteiger partial charge in [-0.3, -0.25) is 4.79 Å². The minimum atomic E-state index is -0.422. The van der Waals surface area contributed by atoms with E-state index in [4.69, 9.17) is 10.5 Å². The molecule has 0 aliphatic carbocycles. The predicted octanol–water partition coefficient (Wildman–Crippen LogP) is 5.09. The van der Waals surface area contributed by atoms with E-state index in [0.717, 1.165) is 11.1 Å². The number of carbonyl (C=O) groups is 2. The lowest BCUT2D eigenvalue weighted by Gasteiger charge is -2.12. The number of carbonyl (C=O) groups excluding carboxylic acids is 2. The van der Waals surface area contributed by atoms with Crippen LogP contribution in [0.2, 0.25) is 0 Å². The van der Waals surface area contributed by atoms with E-state index in [1.165, 1.54) is 6.33 Å². The first-order valence-electron chi connectivity index (χ1n) is 11.2. The summed E-state index contributed by atoms with van der Waals surface area (Å²) in [7, 11) is 1.59. The van der Waals surface area contributed by atoms with E-state index >= 15 is 0 Å². The lowest BCUT2D eigenvalue weighted by Crippen LogP contribution is -2.20. The summed E-state index contributed by atoms with van der Waals surface area (Å²) in [5, 5.41) is 6.15. The molecule has 9 nitrogen and oxygen atoms in total. The number of hydrogen-bond donors (Lipinski definition) is 3. The molecule has 4 aromatic rings. The highest BCUT2D eigenvalue weighted by Gasteiger charge is 2.23. The fraction of sp³-hybridized carbons (Fsp3) is 0.231. The number of nitrogens with zero attached hydrogens (tertiary/aromatic N) is 3. The Bertz CT molecular complexity index is 1440. The van der Waals surface area contributed by atoms with E-state index < -0.39 is 6.03 Å². The number of nitrogens with one attached hydrogen (secondary N) is 2. The molecule has 0 saturated heterocycles. The van der Waals surface area contributed by atoms with Crippen molar-refractivity contribution in [2.24, 2.45) is 0 Å². The molecule has 2 heterocycles. The topological polar surface area (TPSA) is 124 Å². The molecule has 0 bridgehead atoms. The summed E-state index contributed by atoms with van der Waals surface area (Å²) in [6.07, 6.45) is 3.16. The van der Waals surface area contributed by atoms with Crippen LogP contribution in [0.4, 0.5) is 22.0 Å². The Hall–Kier alpha value is -4.40. The number of aryl methyl sites for hydroxylation is 2. The number of nitrogen functional groups attached to an aromatic ring is 1. The summed E-state index contributed by atoms with van der Waals surface area (Å²) < 4.78 is 7.11. The third kappa shape index (κ3) is 4.65. The minimum absolute atomic E-state index is 0.0764. The Morgan fingerprint density at radius 2 is 1.77 bits per heavy atom. The van der Waals surface area contributed by atoms with Gasteiger partial charge in [0.25, 0.3) is 0 Å². The molecule has 35 heavy (non-hydrogen) atoms. The van der Waals surface area contributed by atoms with E-state index in [1.807, 2.05) is 38.3 Å². The van der Waals surface area contributed by atoms with Crippen LogP contribution in [-0.2, 0) is 0 Å². The molecule has 0 saturated carbocycles. The number of amides is 2. The van der Waals surface area contributed by atoms with Gasteiger partial charge in [-0.05, 0) is 69.2 Å². The number of ether oxygens (including phenoxy) is 1. The second-order valence-electron chi connectivity index (χ2n) is 8.62. The molecular weight excluding hydrogens is 444 g/mol. The van der Waals surface area contributed by atoms with Crippen molar-refractivity contribution < 1.29 is 14.3 Å². The Morgan fingerprint density at radius 1 is 1.00 bits per heavy atom. The van der Waals surface area contributed by atoms with Crippen molar-refractivity contribution in [3.8, 4) is 5.75 Å². The van der Waals surface area contributed by atoms with Gasteiger partial charge < -0.3 is 25.7 Å². The molecule has 2 aromatic carbocycles. The zero-order valence-electron chi connectivity index (χ0n) is 20.3. The molecule has 4 rings (SSSR count). The number of nitrogens with two attached hydrogens (primary N) is 1. The standard InChI is InChI=1S/C26H28N6O3/c1-14(2)32-12-20(22-24(27)28-13-29-25(22)32)23(33)19-11-17(7-6-15(19)3)30-26(34)31-21-9-8-18(35-5)10-16(21)4/h6-14H,1-5H3,(H2,27,28,29)(H2,30,31,34). The van der Waals surface area contributed by atoms with Crippen molar-refractivity contribution in [3.05, 3.63) is 71.2 Å². The van der Waals surface area contributed by atoms with Gasteiger partial charge in [-0.25, -0.2) is 14.8 Å². The van der Waals surface area contributed by atoms with Gasteiger partial charge in [0.1, 0.15) is 23.5 Å². The largest absolute Gasteiger partial charge is 0.497 e. The van der Waals surface area contributed by atoms with E-state index in [0.29, 0.717) is 39.3 Å². The zero-order valence-corrected chi connectivity index (χ0v) is 20.3. The number of aromatic nitrogens is 3. The minimum Gasteiger partial charge on any atom is -0.497 e. The van der Waals surface area contributed by atoms with Crippen molar-refractivity contribution >= 4 is 40.0 Å². The van der Waals surface area contributed by atoms with E-state index in [9.17, 15) is 9.59 Å². The van der Waals surface area contributed by atoms with Gasteiger partial charge >= 0.3 is 6.03 Å². The van der Waals surface area contributed by atoms with Crippen molar-refractivity contribution in [2.75, 3.05) is 23.5 Å².